The summed E-state index contributed by atoms with van der Waals surface area (Å²) in [5, 5.41) is 10.5. The topological polar surface area (TPSA) is 70.8 Å². The smallest absolute Gasteiger partial charge is 0.290 e. The van der Waals surface area contributed by atoms with Gasteiger partial charge in [-0.05, 0) is 37.5 Å². The van der Waals surface area contributed by atoms with Gasteiger partial charge in [0.05, 0.1) is 5.57 Å². The zero-order valence-corrected chi connectivity index (χ0v) is 15.8. The molecular formula is C22H25NO4. The standard InChI is InChI=1S/C22H25NO4/c1-3-4-14-23-20(18-13-10-15(2)27-18)19(21(25)22(23)26)17(24)12-11-16-8-6-5-7-9-16/h5-10,13,20,25H,3-4,11-12,14H2,1-2H3. The van der Waals surface area contributed by atoms with Crippen molar-refractivity contribution >= 4 is 11.7 Å². The molecule has 0 bridgehead atoms. The highest BCUT2D eigenvalue weighted by Crippen LogP contribution is 2.39. The lowest BCUT2D eigenvalue weighted by Gasteiger charge is -2.24. The van der Waals surface area contributed by atoms with E-state index in [0.717, 1.165) is 18.4 Å². The Labute approximate surface area is 159 Å². The van der Waals surface area contributed by atoms with Gasteiger partial charge in [0.1, 0.15) is 17.6 Å². The van der Waals surface area contributed by atoms with Gasteiger partial charge >= 0.3 is 0 Å². The van der Waals surface area contributed by atoms with Gasteiger partial charge in [-0.3, -0.25) is 9.59 Å². The van der Waals surface area contributed by atoms with E-state index in [4.69, 9.17) is 4.42 Å². The summed E-state index contributed by atoms with van der Waals surface area (Å²) in [6.45, 7) is 4.32. The number of ketones is 1. The number of benzene rings is 1. The minimum Gasteiger partial charge on any atom is -0.503 e. The average molecular weight is 367 g/mol. The molecule has 3 rings (SSSR count). The van der Waals surface area contributed by atoms with Crippen molar-refractivity contribution in [1.29, 1.82) is 0 Å². The SMILES string of the molecule is CCCCN1C(=O)C(O)=C(C(=O)CCc2ccccc2)C1c1ccc(C)o1. The second kappa shape index (κ2) is 8.25. The van der Waals surface area contributed by atoms with Crippen LogP contribution in [-0.4, -0.2) is 28.2 Å². The molecule has 1 aliphatic heterocycles. The van der Waals surface area contributed by atoms with Gasteiger partial charge in [0.25, 0.3) is 5.91 Å². The number of carbonyl (C=O) groups excluding carboxylic acids is 2. The minimum atomic E-state index is -0.652. The van der Waals surface area contributed by atoms with Crippen LogP contribution in [0.3, 0.4) is 0 Å². The molecule has 1 aliphatic rings. The number of hydrogen-bond donors (Lipinski definition) is 1. The number of rotatable bonds is 8. The number of Topliss-reactive ketones (excluding diaryl/α,β-unsaturated/α-hetero) is 1. The number of amides is 1. The van der Waals surface area contributed by atoms with Gasteiger partial charge in [0, 0.05) is 13.0 Å². The van der Waals surface area contributed by atoms with Crippen LogP contribution in [0.1, 0.15) is 49.3 Å². The Hall–Kier alpha value is -2.82. The molecule has 142 valence electrons. The molecule has 0 saturated heterocycles. The molecule has 5 nitrogen and oxygen atoms in total. The van der Waals surface area contributed by atoms with Crippen molar-refractivity contribution in [3.05, 3.63) is 70.9 Å². The summed E-state index contributed by atoms with van der Waals surface area (Å²) in [4.78, 5) is 27.1. The monoisotopic (exact) mass is 367 g/mol. The molecule has 2 heterocycles. The maximum Gasteiger partial charge on any atom is 0.290 e. The highest BCUT2D eigenvalue weighted by molar-refractivity contribution is 6.08. The molecule has 0 saturated carbocycles. The van der Waals surface area contributed by atoms with Crippen LogP contribution in [0.25, 0.3) is 0 Å². The predicted octanol–water partition coefficient (Wildman–Crippen LogP) is 4.29. The van der Waals surface area contributed by atoms with E-state index in [1.165, 1.54) is 0 Å². The summed E-state index contributed by atoms with van der Waals surface area (Å²) in [6, 6.07) is 12.6. The number of hydrogen-bond acceptors (Lipinski definition) is 4. The fraction of sp³-hybridized carbons (Fsp3) is 0.364. The Morgan fingerprint density at radius 2 is 1.93 bits per heavy atom. The maximum absolute atomic E-state index is 12.9. The fourth-order valence-electron chi connectivity index (χ4n) is 3.43. The Kier molecular flexibility index (Phi) is 5.79. The molecule has 27 heavy (non-hydrogen) atoms. The summed E-state index contributed by atoms with van der Waals surface area (Å²) in [5.74, 6) is 0.0657. The van der Waals surface area contributed by atoms with E-state index >= 15 is 0 Å². The number of aryl methyl sites for hydroxylation is 2. The maximum atomic E-state index is 12.9. The van der Waals surface area contributed by atoms with E-state index < -0.39 is 17.7 Å². The predicted molar refractivity (Wildman–Crippen MR) is 102 cm³/mol. The van der Waals surface area contributed by atoms with Crippen LogP contribution in [0.5, 0.6) is 0 Å². The summed E-state index contributed by atoms with van der Waals surface area (Å²) in [6.07, 6.45) is 2.49. The van der Waals surface area contributed by atoms with Crippen molar-refractivity contribution in [3.63, 3.8) is 0 Å². The average Bonchev–Trinajstić information content (AvgIpc) is 3.21. The normalized spacial score (nSPS) is 17.0. The third kappa shape index (κ3) is 3.97. The second-order valence-electron chi connectivity index (χ2n) is 6.87. The van der Waals surface area contributed by atoms with Gasteiger partial charge in [-0.2, -0.15) is 0 Å². The minimum absolute atomic E-state index is 0.154. The van der Waals surface area contributed by atoms with Crippen LogP contribution >= 0.6 is 0 Å². The fourth-order valence-corrected chi connectivity index (χ4v) is 3.43. The zero-order valence-electron chi connectivity index (χ0n) is 15.8. The number of carbonyl (C=O) groups is 2. The van der Waals surface area contributed by atoms with Crippen molar-refractivity contribution in [2.24, 2.45) is 0 Å². The van der Waals surface area contributed by atoms with Crippen LogP contribution < -0.4 is 0 Å². The third-order valence-corrected chi connectivity index (χ3v) is 4.87. The molecule has 1 N–H and O–H groups in total. The first-order valence-electron chi connectivity index (χ1n) is 9.40. The lowest BCUT2D eigenvalue weighted by Crippen LogP contribution is -2.31. The second-order valence-corrected chi connectivity index (χ2v) is 6.87. The van der Waals surface area contributed by atoms with Crippen molar-refractivity contribution < 1.29 is 19.1 Å². The van der Waals surface area contributed by atoms with Gasteiger partial charge in [-0.25, -0.2) is 0 Å². The van der Waals surface area contributed by atoms with Gasteiger partial charge in [0.2, 0.25) is 0 Å². The van der Waals surface area contributed by atoms with E-state index in [1.807, 2.05) is 44.2 Å². The molecule has 5 heteroatoms. The first kappa shape index (κ1) is 19.0. The molecule has 1 unspecified atom stereocenters. The Morgan fingerprint density at radius 3 is 2.56 bits per heavy atom. The van der Waals surface area contributed by atoms with E-state index in [-0.39, 0.29) is 17.8 Å². The number of aliphatic hydroxyl groups excluding tert-OH is 1. The van der Waals surface area contributed by atoms with Crippen molar-refractivity contribution in [2.45, 2.75) is 45.6 Å². The number of nitrogens with zero attached hydrogens (tertiary/aromatic N) is 1. The zero-order chi connectivity index (χ0) is 19.4. The summed E-state index contributed by atoms with van der Waals surface area (Å²) in [5.41, 5.74) is 1.20. The number of furan rings is 1. The highest BCUT2D eigenvalue weighted by atomic mass is 16.3. The quantitative estimate of drug-likeness (QED) is 0.756. The molecule has 2 aromatic rings. The van der Waals surface area contributed by atoms with Crippen molar-refractivity contribution in [1.82, 2.24) is 4.90 Å². The summed E-state index contributed by atoms with van der Waals surface area (Å²) >= 11 is 0. The van der Waals surface area contributed by atoms with Gasteiger partial charge in [-0.15, -0.1) is 0 Å². The van der Waals surface area contributed by atoms with E-state index in [9.17, 15) is 14.7 Å². The van der Waals surface area contributed by atoms with Crippen LogP contribution in [0.15, 0.2) is 58.2 Å². The lowest BCUT2D eigenvalue weighted by molar-refractivity contribution is -0.129. The molecular weight excluding hydrogens is 342 g/mol. The molecule has 0 radical (unpaired) electrons. The lowest BCUT2D eigenvalue weighted by atomic mass is 9.96. The first-order valence-corrected chi connectivity index (χ1v) is 9.40. The van der Waals surface area contributed by atoms with Gasteiger partial charge in [-0.1, -0.05) is 43.7 Å². The molecule has 1 atom stereocenters. The molecule has 0 spiro atoms. The van der Waals surface area contributed by atoms with Crippen LogP contribution in [0.4, 0.5) is 0 Å². The van der Waals surface area contributed by atoms with Gasteiger partial charge in [0.15, 0.2) is 11.5 Å². The summed E-state index contributed by atoms with van der Waals surface area (Å²) in [7, 11) is 0. The molecule has 0 fully saturated rings. The van der Waals surface area contributed by atoms with E-state index in [2.05, 4.69) is 0 Å². The molecule has 1 aromatic heterocycles. The molecule has 0 aliphatic carbocycles. The highest BCUT2D eigenvalue weighted by Gasteiger charge is 2.44. The van der Waals surface area contributed by atoms with E-state index in [1.54, 1.807) is 17.0 Å². The number of unbranched alkanes of at least 4 members (excludes halogenated alkanes) is 1. The molecule has 1 amide bonds. The van der Waals surface area contributed by atoms with Gasteiger partial charge < -0.3 is 14.4 Å². The number of aliphatic hydroxyl groups is 1. The van der Waals surface area contributed by atoms with Crippen LogP contribution in [-0.2, 0) is 16.0 Å². The van der Waals surface area contributed by atoms with E-state index in [0.29, 0.717) is 24.5 Å². The van der Waals surface area contributed by atoms with Crippen molar-refractivity contribution in [3.8, 4) is 0 Å². The summed E-state index contributed by atoms with van der Waals surface area (Å²) < 4.78 is 5.73. The largest absolute Gasteiger partial charge is 0.503 e. The van der Waals surface area contributed by atoms with Crippen LogP contribution in [0.2, 0.25) is 0 Å². The van der Waals surface area contributed by atoms with Crippen LogP contribution in [0, 0.1) is 6.92 Å². The Balaban J connectivity index is 1.87. The van der Waals surface area contributed by atoms with Crippen molar-refractivity contribution in [2.75, 3.05) is 6.54 Å². The Bertz CT molecular complexity index is 850. The first-order chi connectivity index (χ1) is 13.0. The molecule has 1 aromatic carbocycles. The third-order valence-electron chi connectivity index (χ3n) is 4.87. The Morgan fingerprint density at radius 1 is 1.19 bits per heavy atom.